The summed E-state index contributed by atoms with van der Waals surface area (Å²) in [5.74, 6) is 0.214. The van der Waals surface area contributed by atoms with E-state index in [4.69, 9.17) is 14.5 Å². The van der Waals surface area contributed by atoms with Gasteiger partial charge in [-0.3, -0.25) is 0 Å². The molecule has 6 heteroatoms. The van der Waals surface area contributed by atoms with Crippen LogP contribution >= 0.6 is 0 Å². The van der Waals surface area contributed by atoms with E-state index in [1.807, 2.05) is 6.07 Å². The highest BCUT2D eigenvalue weighted by Crippen LogP contribution is 2.18. The highest BCUT2D eigenvalue weighted by Gasteiger charge is 2.07. The summed E-state index contributed by atoms with van der Waals surface area (Å²) in [5, 5.41) is 12.2. The summed E-state index contributed by atoms with van der Waals surface area (Å²) in [5.41, 5.74) is 0.241. The molecule has 0 bridgehead atoms. The van der Waals surface area contributed by atoms with Crippen LogP contribution in [0.5, 0.6) is 5.75 Å². The second-order valence-corrected chi connectivity index (χ2v) is 3.28. The number of benzene rings is 1. The van der Waals surface area contributed by atoms with Crippen LogP contribution in [-0.4, -0.2) is 10.1 Å². The van der Waals surface area contributed by atoms with Crippen LogP contribution in [0.25, 0.3) is 0 Å². The fourth-order valence-corrected chi connectivity index (χ4v) is 1.23. The van der Waals surface area contributed by atoms with Crippen molar-refractivity contribution in [2.24, 2.45) is 0 Å². The van der Waals surface area contributed by atoms with Gasteiger partial charge in [0.25, 0.3) is 0 Å². The molecule has 0 unspecified atom stereocenters. The van der Waals surface area contributed by atoms with E-state index >= 15 is 0 Å². The maximum Gasteiger partial charge on any atom is 0.223 e. The van der Waals surface area contributed by atoms with Crippen molar-refractivity contribution in [3.8, 4) is 11.8 Å². The van der Waals surface area contributed by atoms with Gasteiger partial charge in [-0.25, -0.2) is 4.39 Å². The van der Waals surface area contributed by atoms with Crippen LogP contribution in [0.2, 0.25) is 0 Å². The van der Waals surface area contributed by atoms with Gasteiger partial charge in [0.2, 0.25) is 11.7 Å². The Morgan fingerprint density at radius 2 is 2.35 bits per heavy atom. The number of aromatic nitrogens is 2. The number of nitriles is 1. The Kier molecular flexibility index (Phi) is 3.01. The van der Waals surface area contributed by atoms with Crippen LogP contribution in [0.15, 0.2) is 22.7 Å². The van der Waals surface area contributed by atoms with E-state index in [9.17, 15) is 4.39 Å². The number of aryl methyl sites for hydroxylation is 1. The lowest BCUT2D eigenvalue weighted by Gasteiger charge is -2.04. The van der Waals surface area contributed by atoms with E-state index in [2.05, 4.69) is 10.1 Å². The van der Waals surface area contributed by atoms with Crippen molar-refractivity contribution in [2.45, 2.75) is 13.5 Å². The Balaban J connectivity index is 2.07. The summed E-state index contributed by atoms with van der Waals surface area (Å²) in [4.78, 5) is 3.91. The van der Waals surface area contributed by atoms with E-state index in [0.717, 1.165) is 6.07 Å². The Morgan fingerprint density at radius 3 is 2.94 bits per heavy atom. The largest absolute Gasteiger partial charge is 0.482 e. The number of rotatable bonds is 3. The SMILES string of the molecule is Cc1nc(COc2ccc(C#N)cc2F)no1. The molecule has 5 nitrogen and oxygen atoms in total. The number of halogens is 1. The van der Waals surface area contributed by atoms with Gasteiger partial charge in [0.15, 0.2) is 18.2 Å². The minimum absolute atomic E-state index is 0.0140. The smallest absolute Gasteiger partial charge is 0.223 e. The van der Waals surface area contributed by atoms with Gasteiger partial charge >= 0.3 is 0 Å². The summed E-state index contributed by atoms with van der Waals surface area (Å²) in [7, 11) is 0. The molecular weight excluding hydrogens is 225 g/mol. The zero-order chi connectivity index (χ0) is 12.3. The molecule has 0 aliphatic carbocycles. The third-order valence-electron chi connectivity index (χ3n) is 1.99. The molecule has 0 saturated heterocycles. The van der Waals surface area contributed by atoms with Gasteiger partial charge in [-0.2, -0.15) is 10.2 Å². The molecule has 17 heavy (non-hydrogen) atoms. The number of ether oxygens (including phenoxy) is 1. The summed E-state index contributed by atoms with van der Waals surface area (Å²) < 4.78 is 23.3. The lowest BCUT2D eigenvalue weighted by atomic mass is 10.2. The first-order chi connectivity index (χ1) is 8.19. The second kappa shape index (κ2) is 4.61. The van der Waals surface area contributed by atoms with E-state index in [1.54, 1.807) is 6.92 Å². The van der Waals surface area contributed by atoms with Crippen LogP contribution in [-0.2, 0) is 6.61 Å². The Morgan fingerprint density at radius 1 is 1.53 bits per heavy atom. The van der Waals surface area contributed by atoms with E-state index in [1.165, 1.54) is 12.1 Å². The van der Waals surface area contributed by atoms with Crippen LogP contribution in [0.1, 0.15) is 17.3 Å². The number of hydrogen-bond acceptors (Lipinski definition) is 5. The van der Waals surface area contributed by atoms with Gasteiger partial charge < -0.3 is 9.26 Å². The molecule has 0 N–H and O–H groups in total. The molecule has 1 heterocycles. The van der Waals surface area contributed by atoms with Gasteiger partial charge in [0, 0.05) is 6.92 Å². The number of hydrogen-bond donors (Lipinski definition) is 0. The minimum atomic E-state index is -0.593. The normalized spacial score (nSPS) is 9.94. The number of nitrogens with zero attached hydrogens (tertiary/aromatic N) is 3. The molecule has 86 valence electrons. The topological polar surface area (TPSA) is 71.9 Å². The standard InChI is InChI=1S/C11H8FN3O2/c1-7-14-11(15-17-7)6-16-10-3-2-8(5-13)4-9(10)12/h2-4H,6H2,1H3. The summed E-state index contributed by atoms with van der Waals surface area (Å²) in [6, 6.07) is 5.81. The Hall–Kier alpha value is -2.42. The second-order valence-electron chi connectivity index (χ2n) is 3.28. The molecule has 1 aromatic heterocycles. The molecule has 0 radical (unpaired) electrons. The quantitative estimate of drug-likeness (QED) is 0.810. The maximum atomic E-state index is 13.4. The molecule has 2 aromatic rings. The average molecular weight is 233 g/mol. The van der Waals surface area contributed by atoms with Gasteiger partial charge in [0.1, 0.15) is 0 Å². The van der Waals surface area contributed by atoms with Crippen molar-refractivity contribution in [3.05, 3.63) is 41.3 Å². The molecule has 2 rings (SSSR count). The Labute approximate surface area is 96.4 Å². The molecule has 0 atom stereocenters. The van der Waals surface area contributed by atoms with Crippen LogP contribution in [0.4, 0.5) is 4.39 Å². The van der Waals surface area contributed by atoms with E-state index in [0.29, 0.717) is 11.7 Å². The first kappa shape index (κ1) is 11.1. The molecule has 0 saturated carbocycles. The predicted octanol–water partition coefficient (Wildman–Crippen LogP) is 1.97. The third kappa shape index (κ3) is 2.58. The van der Waals surface area contributed by atoms with Gasteiger partial charge in [-0.15, -0.1) is 0 Å². The summed E-state index contributed by atoms with van der Waals surface area (Å²) in [6.07, 6.45) is 0. The molecule has 0 aliphatic heterocycles. The highest BCUT2D eigenvalue weighted by atomic mass is 19.1. The predicted molar refractivity (Wildman–Crippen MR) is 54.5 cm³/mol. The van der Waals surface area contributed by atoms with Crippen LogP contribution < -0.4 is 4.74 Å². The lowest BCUT2D eigenvalue weighted by Crippen LogP contribution is -1.99. The molecule has 0 spiro atoms. The summed E-state index contributed by atoms with van der Waals surface area (Å²) in [6.45, 7) is 1.67. The molecular formula is C11H8FN3O2. The fraction of sp³-hybridized carbons (Fsp3) is 0.182. The van der Waals surface area contributed by atoms with Crippen molar-refractivity contribution in [3.63, 3.8) is 0 Å². The summed E-state index contributed by atoms with van der Waals surface area (Å²) >= 11 is 0. The van der Waals surface area contributed by atoms with Gasteiger partial charge in [-0.1, -0.05) is 5.16 Å². The highest BCUT2D eigenvalue weighted by molar-refractivity contribution is 5.35. The molecule has 1 aromatic carbocycles. The van der Waals surface area contributed by atoms with Crippen LogP contribution in [0.3, 0.4) is 0 Å². The van der Waals surface area contributed by atoms with E-state index in [-0.39, 0.29) is 17.9 Å². The van der Waals surface area contributed by atoms with Crippen molar-refractivity contribution in [1.82, 2.24) is 10.1 Å². The zero-order valence-electron chi connectivity index (χ0n) is 8.98. The minimum Gasteiger partial charge on any atom is -0.482 e. The molecule has 0 fully saturated rings. The third-order valence-corrected chi connectivity index (χ3v) is 1.99. The van der Waals surface area contributed by atoms with E-state index < -0.39 is 5.82 Å². The molecule has 0 amide bonds. The van der Waals surface area contributed by atoms with Crippen LogP contribution in [0, 0.1) is 24.1 Å². The fourth-order valence-electron chi connectivity index (χ4n) is 1.23. The lowest BCUT2D eigenvalue weighted by molar-refractivity contribution is 0.273. The first-order valence-electron chi connectivity index (χ1n) is 4.80. The van der Waals surface area contributed by atoms with Gasteiger partial charge in [0.05, 0.1) is 11.6 Å². The Bertz CT molecular complexity index is 574. The monoisotopic (exact) mass is 233 g/mol. The van der Waals surface area contributed by atoms with Crippen molar-refractivity contribution >= 4 is 0 Å². The average Bonchev–Trinajstić information content (AvgIpc) is 2.73. The van der Waals surface area contributed by atoms with Crippen molar-refractivity contribution < 1.29 is 13.7 Å². The molecule has 0 aliphatic rings. The van der Waals surface area contributed by atoms with Crippen molar-refractivity contribution in [2.75, 3.05) is 0 Å². The van der Waals surface area contributed by atoms with Crippen molar-refractivity contribution in [1.29, 1.82) is 5.26 Å². The first-order valence-corrected chi connectivity index (χ1v) is 4.80. The van der Waals surface area contributed by atoms with Gasteiger partial charge in [-0.05, 0) is 18.2 Å². The zero-order valence-corrected chi connectivity index (χ0v) is 8.98. The maximum absolute atomic E-state index is 13.4.